The summed E-state index contributed by atoms with van der Waals surface area (Å²) < 4.78 is 0. The van der Waals surface area contributed by atoms with Gasteiger partial charge in [0, 0.05) is 17.0 Å². The molecule has 1 fully saturated rings. The topological polar surface area (TPSA) is 49.3 Å². The summed E-state index contributed by atoms with van der Waals surface area (Å²) in [6.07, 6.45) is 2.12. The lowest BCUT2D eigenvalue weighted by atomic mass is 9.97. The minimum atomic E-state index is -0.0994. The molecule has 1 aliphatic rings. The number of carbonyl (C=O) groups is 1. The molecule has 1 saturated carbocycles. The van der Waals surface area contributed by atoms with Crippen LogP contribution in [-0.4, -0.2) is 17.1 Å². The second-order valence-corrected chi connectivity index (χ2v) is 5.88. The van der Waals surface area contributed by atoms with Gasteiger partial charge in [-0.2, -0.15) is 0 Å². The van der Waals surface area contributed by atoms with Crippen LogP contribution in [-0.2, 0) is 0 Å². The zero-order chi connectivity index (χ0) is 14.3. The second kappa shape index (κ2) is 4.82. The van der Waals surface area contributed by atoms with Crippen LogP contribution in [0, 0.1) is 0 Å². The van der Waals surface area contributed by atoms with E-state index >= 15 is 0 Å². The molecule has 1 aliphatic carbocycles. The van der Waals surface area contributed by atoms with Crippen LogP contribution in [0.1, 0.15) is 48.5 Å². The zero-order valence-electron chi connectivity index (χ0n) is 11.8. The number of amides is 1. The number of aromatic hydroxyl groups is 1. The van der Waals surface area contributed by atoms with Gasteiger partial charge in [0.15, 0.2) is 0 Å². The van der Waals surface area contributed by atoms with Crippen LogP contribution in [0.3, 0.4) is 0 Å². The van der Waals surface area contributed by atoms with Crippen LogP contribution >= 0.6 is 0 Å². The molecule has 0 unspecified atom stereocenters. The van der Waals surface area contributed by atoms with Crippen molar-refractivity contribution >= 4 is 16.7 Å². The van der Waals surface area contributed by atoms with Gasteiger partial charge in [0.25, 0.3) is 5.91 Å². The van der Waals surface area contributed by atoms with E-state index in [1.54, 1.807) is 6.07 Å². The molecule has 0 bridgehead atoms. The van der Waals surface area contributed by atoms with Gasteiger partial charge in [-0.1, -0.05) is 26.0 Å². The van der Waals surface area contributed by atoms with Gasteiger partial charge in [-0.05, 0) is 47.9 Å². The third-order valence-corrected chi connectivity index (χ3v) is 3.80. The first-order valence-corrected chi connectivity index (χ1v) is 7.12. The van der Waals surface area contributed by atoms with Crippen LogP contribution in [0.4, 0.5) is 0 Å². The van der Waals surface area contributed by atoms with Gasteiger partial charge in [0.05, 0.1) is 0 Å². The fraction of sp³-hybridized carbons (Fsp3) is 0.353. The Morgan fingerprint density at radius 3 is 2.65 bits per heavy atom. The number of fused-ring (bicyclic) bond motifs is 1. The van der Waals surface area contributed by atoms with Crippen molar-refractivity contribution < 1.29 is 9.90 Å². The fourth-order valence-corrected chi connectivity index (χ4v) is 2.34. The van der Waals surface area contributed by atoms with Crippen molar-refractivity contribution in [2.75, 3.05) is 0 Å². The smallest absolute Gasteiger partial charge is 0.251 e. The predicted octanol–water partition coefficient (Wildman–Crippen LogP) is 3.56. The highest BCUT2D eigenvalue weighted by Crippen LogP contribution is 2.30. The summed E-state index contributed by atoms with van der Waals surface area (Å²) in [6, 6.07) is 9.75. The van der Waals surface area contributed by atoms with Crippen molar-refractivity contribution in [2.24, 2.45) is 0 Å². The maximum absolute atomic E-state index is 12.0. The van der Waals surface area contributed by atoms with Gasteiger partial charge < -0.3 is 10.4 Å². The Morgan fingerprint density at radius 1 is 1.25 bits per heavy atom. The third kappa shape index (κ3) is 2.48. The third-order valence-electron chi connectivity index (χ3n) is 3.80. The number of nitrogens with one attached hydrogen (secondary N) is 1. The summed E-state index contributed by atoms with van der Waals surface area (Å²) in [5, 5.41) is 14.8. The number of carbonyl (C=O) groups excluding carboxylic acids is 1. The fourth-order valence-electron chi connectivity index (χ4n) is 2.34. The molecular formula is C17H19NO2. The number of phenols is 1. The molecule has 0 heterocycles. The van der Waals surface area contributed by atoms with Crippen LogP contribution in [0.25, 0.3) is 10.8 Å². The quantitative estimate of drug-likeness (QED) is 0.895. The van der Waals surface area contributed by atoms with Gasteiger partial charge in [0.2, 0.25) is 0 Å². The molecule has 0 atom stereocenters. The molecule has 2 aromatic rings. The Morgan fingerprint density at radius 2 is 2.00 bits per heavy atom. The number of rotatable bonds is 3. The number of hydrogen-bond donors (Lipinski definition) is 2. The molecule has 0 aromatic heterocycles. The molecule has 20 heavy (non-hydrogen) atoms. The van der Waals surface area contributed by atoms with Crippen LogP contribution in [0.5, 0.6) is 5.75 Å². The molecular weight excluding hydrogens is 250 g/mol. The molecule has 2 aromatic carbocycles. The Bertz CT molecular complexity index is 672. The van der Waals surface area contributed by atoms with E-state index in [-0.39, 0.29) is 11.7 Å². The van der Waals surface area contributed by atoms with E-state index in [4.69, 9.17) is 0 Å². The molecule has 3 heteroatoms. The van der Waals surface area contributed by atoms with Crippen LogP contribution in [0.15, 0.2) is 30.3 Å². The molecule has 2 N–H and O–H groups in total. The van der Waals surface area contributed by atoms with E-state index in [1.807, 2.05) is 18.2 Å². The lowest BCUT2D eigenvalue weighted by Crippen LogP contribution is -2.25. The van der Waals surface area contributed by atoms with E-state index in [0.29, 0.717) is 17.5 Å². The van der Waals surface area contributed by atoms with Crippen molar-refractivity contribution in [3.05, 3.63) is 41.5 Å². The molecule has 1 amide bonds. The molecule has 0 spiro atoms. The first-order chi connectivity index (χ1) is 9.54. The summed E-state index contributed by atoms with van der Waals surface area (Å²) in [6.45, 7) is 4.24. The Balaban J connectivity index is 2.00. The van der Waals surface area contributed by atoms with Crippen molar-refractivity contribution in [2.45, 2.75) is 38.6 Å². The second-order valence-electron chi connectivity index (χ2n) is 5.88. The average molecular weight is 269 g/mol. The highest BCUT2D eigenvalue weighted by atomic mass is 16.3. The predicted molar refractivity (Wildman–Crippen MR) is 80.2 cm³/mol. The van der Waals surface area contributed by atoms with Gasteiger partial charge in [-0.25, -0.2) is 0 Å². The average Bonchev–Trinajstić information content (AvgIpc) is 3.22. The standard InChI is InChI=1S/C17H19NO2/c1-10(2)11-3-4-12-7-13(9-16(19)15(12)8-11)17(20)18-14-5-6-14/h3-4,7-10,14,19H,5-6H2,1-2H3,(H,18,20). The normalized spacial score (nSPS) is 14.8. The largest absolute Gasteiger partial charge is 0.507 e. The van der Waals surface area contributed by atoms with Crippen molar-refractivity contribution in [1.82, 2.24) is 5.32 Å². The number of phenolic OH excluding ortho intramolecular Hbond substituents is 1. The summed E-state index contributed by atoms with van der Waals surface area (Å²) >= 11 is 0. The van der Waals surface area contributed by atoms with Crippen LogP contribution in [0.2, 0.25) is 0 Å². The first kappa shape index (κ1) is 13.0. The Hall–Kier alpha value is -2.03. The maximum Gasteiger partial charge on any atom is 0.251 e. The molecule has 104 valence electrons. The van der Waals surface area contributed by atoms with Gasteiger partial charge >= 0.3 is 0 Å². The Kier molecular flexibility index (Phi) is 3.13. The van der Waals surface area contributed by atoms with Crippen LogP contribution < -0.4 is 5.32 Å². The lowest BCUT2D eigenvalue weighted by Gasteiger charge is -2.10. The molecule has 3 nitrogen and oxygen atoms in total. The minimum absolute atomic E-state index is 0.0994. The van der Waals surface area contributed by atoms with E-state index in [2.05, 4.69) is 25.2 Å². The van der Waals surface area contributed by atoms with Gasteiger partial charge in [0.1, 0.15) is 5.75 Å². The number of hydrogen-bond acceptors (Lipinski definition) is 2. The van der Waals surface area contributed by atoms with E-state index in [9.17, 15) is 9.90 Å². The van der Waals surface area contributed by atoms with E-state index < -0.39 is 0 Å². The summed E-state index contributed by atoms with van der Waals surface area (Å²) in [4.78, 5) is 12.0. The first-order valence-electron chi connectivity index (χ1n) is 7.12. The SMILES string of the molecule is CC(C)c1ccc2cc(C(=O)NC3CC3)cc(O)c2c1. The maximum atomic E-state index is 12.0. The molecule has 0 radical (unpaired) electrons. The molecule has 3 rings (SSSR count). The summed E-state index contributed by atoms with van der Waals surface area (Å²) in [5.41, 5.74) is 1.71. The van der Waals surface area contributed by atoms with Crippen molar-refractivity contribution in [1.29, 1.82) is 0 Å². The Labute approximate surface area is 118 Å². The van der Waals surface area contributed by atoms with E-state index in [0.717, 1.165) is 23.6 Å². The minimum Gasteiger partial charge on any atom is -0.507 e. The summed E-state index contributed by atoms with van der Waals surface area (Å²) in [5.74, 6) is 0.486. The van der Waals surface area contributed by atoms with E-state index in [1.165, 1.54) is 5.56 Å². The van der Waals surface area contributed by atoms with Crippen molar-refractivity contribution in [3.8, 4) is 5.75 Å². The molecule has 0 aliphatic heterocycles. The van der Waals surface area contributed by atoms with Gasteiger partial charge in [-0.15, -0.1) is 0 Å². The zero-order valence-corrected chi connectivity index (χ0v) is 11.8. The summed E-state index contributed by atoms with van der Waals surface area (Å²) in [7, 11) is 0. The lowest BCUT2D eigenvalue weighted by molar-refractivity contribution is 0.0951. The number of benzene rings is 2. The van der Waals surface area contributed by atoms with Gasteiger partial charge in [-0.3, -0.25) is 4.79 Å². The highest BCUT2D eigenvalue weighted by molar-refractivity contribution is 6.01. The van der Waals surface area contributed by atoms with Crippen molar-refractivity contribution in [3.63, 3.8) is 0 Å². The highest BCUT2D eigenvalue weighted by Gasteiger charge is 2.24. The molecule has 0 saturated heterocycles. The monoisotopic (exact) mass is 269 g/mol.